The molecular weight excluding hydrogens is 304 g/mol. The standard InChI is InChI=1S/C16H15BrO2/c1-19-16(18)10-14-4-2-3-5-15(14)13-8-6-12(11-17)7-9-13/h2-9H,10-11H2,1H3. The molecule has 0 fully saturated rings. The number of hydrogen-bond acceptors (Lipinski definition) is 2. The van der Waals surface area contributed by atoms with Gasteiger partial charge in [0.15, 0.2) is 0 Å². The van der Waals surface area contributed by atoms with Gasteiger partial charge in [0.25, 0.3) is 0 Å². The van der Waals surface area contributed by atoms with Crippen molar-refractivity contribution in [1.29, 1.82) is 0 Å². The Bertz CT molecular complexity index is 561. The van der Waals surface area contributed by atoms with Crippen LogP contribution < -0.4 is 0 Å². The van der Waals surface area contributed by atoms with E-state index in [1.54, 1.807) is 0 Å². The highest BCUT2D eigenvalue weighted by molar-refractivity contribution is 9.08. The number of benzene rings is 2. The van der Waals surface area contributed by atoms with E-state index in [1.165, 1.54) is 12.7 Å². The average molecular weight is 319 g/mol. The van der Waals surface area contributed by atoms with Crippen LogP contribution in [0.15, 0.2) is 48.5 Å². The predicted molar refractivity (Wildman–Crippen MR) is 80.2 cm³/mol. The molecule has 2 rings (SSSR count). The van der Waals surface area contributed by atoms with Crippen molar-refractivity contribution < 1.29 is 9.53 Å². The van der Waals surface area contributed by atoms with Crippen LogP contribution >= 0.6 is 15.9 Å². The van der Waals surface area contributed by atoms with Crippen LogP contribution in [0.4, 0.5) is 0 Å². The summed E-state index contributed by atoms with van der Waals surface area (Å²) < 4.78 is 4.74. The predicted octanol–water partition coefficient (Wildman–Crippen LogP) is 3.96. The first-order valence-corrected chi connectivity index (χ1v) is 7.16. The van der Waals surface area contributed by atoms with E-state index in [2.05, 4.69) is 40.2 Å². The molecule has 2 nitrogen and oxygen atoms in total. The number of alkyl halides is 1. The molecule has 0 spiro atoms. The van der Waals surface area contributed by atoms with Crippen molar-refractivity contribution in [3.8, 4) is 11.1 Å². The second-order valence-corrected chi connectivity index (χ2v) is 4.80. The van der Waals surface area contributed by atoms with Crippen LogP contribution in [-0.2, 0) is 21.3 Å². The average Bonchev–Trinajstić information content (AvgIpc) is 2.48. The molecule has 0 saturated carbocycles. The van der Waals surface area contributed by atoms with Gasteiger partial charge in [0.05, 0.1) is 13.5 Å². The number of methoxy groups -OCH3 is 1. The Balaban J connectivity index is 2.35. The summed E-state index contributed by atoms with van der Waals surface area (Å²) >= 11 is 3.43. The minimum Gasteiger partial charge on any atom is -0.469 e. The van der Waals surface area contributed by atoms with Crippen LogP contribution in [0.2, 0.25) is 0 Å². The smallest absolute Gasteiger partial charge is 0.309 e. The summed E-state index contributed by atoms with van der Waals surface area (Å²) in [4.78, 5) is 11.4. The molecule has 0 saturated heterocycles. The van der Waals surface area contributed by atoms with Crippen molar-refractivity contribution in [2.45, 2.75) is 11.8 Å². The van der Waals surface area contributed by atoms with Crippen molar-refractivity contribution in [1.82, 2.24) is 0 Å². The molecule has 2 aromatic carbocycles. The molecule has 3 heteroatoms. The molecule has 0 aliphatic rings. The molecule has 0 amide bonds. The number of hydrogen-bond donors (Lipinski definition) is 0. The Morgan fingerprint density at radius 2 is 1.79 bits per heavy atom. The fourth-order valence-electron chi connectivity index (χ4n) is 1.96. The summed E-state index contributed by atoms with van der Waals surface area (Å²) in [5.41, 5.74) is 4.41. The van der Waals surface area contributed by atoms with Crippen molar-refractivity contribution in [3.05, 3.63) is 59.7 Å². The molecule has 0 aliphatic carbocycles. The van der Waals surface area contributed by atoms with Crippen molar-refractivity contribution in [2.24, 2.45) is 0 Å². The second kappa shape index (κ2) is 6.53. The summed E-state index contributed by atoms with van der Waals surface area (Å²) in [6.07, 6.45) is 0.298. The first-order chi connectivity index (χ1) is 9.24. The molecule has 19 heavy (non-hydrogen) atoms. The minimum absolute atomic E-state index is 0.218. The van der Waals surface area contributed by atoms with E-state index < -0.39 is 0 Å². The number of halogens is 1. The van der Waals surface area contributed by atoms with Crippen LogP contribution in [0.1, 0.15) is 11.1 Å². The Morgan fingerprint density at radius 3 is 2.42 bits per heavy atom. The molecule has 0 bridgehead atoms. The van der Waals surface area contributed by atoms with Gasteiger partial charge in [0.1, 0.15) is 0 Å². The topological polar surface area (TPSA) is 26.3 Å². The van der Waals surface area contributed by atoms with Gasteiger partial charge in [-0.15, -0.1) is 0 Å². The molecular formula is C16H15BrO2. The van der Waals surface area contributed by atoms with Crippen LogP contribution in [0.3, 0.4) is 0 Å². The van der Waals surface area contributed by atoms with Gasteiger partial charge < -0.3 is 4.74 Å². The number of esters is 1. The van der Waals surface area contributed by atoms with Gasteiger partial charge in [-0.3, -0.25) is 4.79 Å². The maximum absolute atomic E-state index is 11.4. The highest BCUT2D eigenvalue weighted by Gasteiger charge is 2.09. The third-order valence-corrected chi connectivity index (χ3v) is 3.65. The molecule has 98 valence electrons. The largest absolute Gasteiger partial charge is 0.469 e. The summed E-state index contributed by atoms with van der Waals surface area (Å²) in [5, 5.41) is 0.844. The fraction of sp³-hybridized carbons (Fsp3) is 0.188. The zero-order chi connectivity index (χ0) is 13.7. The van der Waals surface area contributed by atoms with E-state index in [0.29, 0.717) is 6.42 Å². The van der Waals surface area contributed by atoms with Crippen molar-refractivity contribution in [3.63, 3.8) is 0 Å². The van der Waals surface area contributed by atoms with E-state index in [9.17, 15) is 4.79 Å². The zero-order valence-electron chi connectivity index (χ0n) is 10.7. The third-order valence-electron chi connectivity index (χ3n) is 3.00. The van der Waals surface area contributed by atoms with E-state index in [4.69, 9.17) is 4.74 Å². The quantitative estimate of drug-likeness (QED) is 0.630. The molecule has 0 radical (unpaired) electrons. The van der Waals surface area contributed by atoms with E-state index in [1.807, 2.05) is 24.3 Å². The maximum atomic E-state index is 11.4. The van der Waals surface area contributed by atoms with Crippen LogP contribution in [0.5, 0.6) is 0 Å². The Hall–Kier alpha value is -1.61. The highest BCUT2D eigenvalue weighted by Crippen LogP contribution is 2.25. The van der Waals surface area contributed by atoms with Gasteiger partial charge in [-0.25, -0.2) is 0 Å². The summed E-state index contributed by atoms with van der Waals surface area (Å²) in [6, 6.07) is 16.2. The van der Waals surface area contributed by atoms with E-state index in [0.717, 1.165) is 22.0 Å². The summed E-state index contributed by atoms with van der Waals surface area (Å²) in [6.45, 7) is 0. The number of carbonyl (C=O) groups is 1. The number of rotatable bonds is 4. The highest BCUT2D eigenvalue weighted by atomic mass is 79.9. The van der Waals surface area contributed by atoms with Gasteiger partial charge in [-0.1, -0.05) is 64.5 Å². The molecule has 0 aromatic heterocycles. The first kappa shape index (κ1) is 13.8. The van der Waals surface area contributed by atoms with E-state index >= 15 is 0 Å². The van der Waals surface area contributed by atoms with Crippen LogP contribution in [0, 0.1) is 0 Å². The molecule has 0 atom stereocenters. The molecule has 0 aliphatic heterocycles. The van der Waals surface area contributed by atoms with Gasteiger partial charge in [0.2, 0.25) is 0 Å². The zero-order valence-corrected chi connectivity index (χ0v) is 12.3. The SMILES string of the molecule is COC(=O)Cc1ccccc1-c1ccc(CBr)cc1. The maximum Gasteiger partial charge on any atom is 0.309 e. The minimum atomic E-state index is -0.218. The van der Waals surface area contributed by atoms with Gasteiger partial charge in [0, 0.05) is 5.33 Å². The lowest BCUT2D eigenvalue weighted by Gasteiger charge is -2.09. The lowest BCUT2D eigenvalue weighted by Crippen LogP contribution is -2.05. The molecule has 0 unspecified atom stereocenters. The first-order valence-electron chi connectivity index (χ1n) is 6.04. The number of carbonyl (C=O) groups excluding carboxylic acids is 1. The van der Waals surface area contributed by atoms with Gasteiger partial charge in [-0.05, 0) is 22.3 Å². The fourth-order valence-corrected chi connectivity index (χ4v) is 2.33. The van der Waals surface area contributed by atoms with Crippen LogP contribution in [-0.4, -0.2) is 13.1 Å². The van der Waals surface area contributed by atoms with Crippen molar-refractivity contribution >= 4 is 21.9 Å². The Morgan fingerprint density at radius 1 is 1.11 bits per heavy atom. The molecule has 0 N–H and O–H groups in total. The molecule has 0 heterocycles. The summed E-state index contributed by atoms with van der Waals surface area (Å²) in [5.74, 6) is -0.218. The normalized spacial score (nSPS) is 10.2. The summed E-state index contributed by atoms with van der Waals surface area (Å²) in [7, 11) is 1.41. The lowest BCUT2D eigenvalue weighted by atomic mass is 9.97. The third kappa shape index (κ3) is 3.44. The Labute approximate surface area is 121 Å². The second-order valence-electron chi connectivity index (χ2n) is 4.24. The van der Waals surface area contributed by atoms with Crippen molar-refractivity contribution in [2.75, 3.05) is 7.11 Å². The monoisotopic (exact) mass is 318 g/mol. The lowest BCUT2D eigenvalue weighted by molar-refractivity contribution is -0.139. The van der Waals surface area contributed by atoms with Gasteiger partial charge in [-0.2, -0.15) is 0 Å². The Kier molecular flexibility index (Phi) is 4.74. The van der Waals surface area contributed by atoms with E-state index in [-0.39, 0.29) is 5.97 Å². The van der Waals surface area contributed by atoms with Gasteiger partial charge >= 0.3 is 5.97 Å². The van der Waals surface area contributed by atoms with Crippen LogP contribution in [0.25, 0.3) is 11.1 Å². The number of ether oxygens (including phenoxy) is 1. The molecule has 2 aromatic rings.